The lowest BCUT2D eigenvalue weighted by atomic mass is 10.1. The van der Waals surface area contributed by atoms with Crippen LogP contribution in [0.25, 0.3) is 0 Å². The Morgan fingerprint density at radius 2 is 1.87 bits per heavy atom. The maximum absolute atomic E-state index is 12.2. The van der Waals surface area contributed by atoms with Gasteiger partial charge in [0.15, 0.2) is 11.9 Å². The molecule has 2 rings (SSSR count). The minimum atomic E-state index is -0.636. The molecule has 1 amide bonds. The Bertz CT molecular complexity index is 709. The summed E-state index contributed by atoms with van der Waals surface area (Å²) in [6.45, 7) is 5.26. The Kier molecular flexibility index (Phi) is 5.52. The van der Waals surface area contributed by atoms with Gasteiger partial charge in [0.05, 0.1) is 0 Å². The van der Waals surface area contributed by atoms with E-state index in [1.807, 2.05) is 24.3 Å². The molecule has 1 unspecified atom stereocenters. The Hall–Kier alpha value is -2.62. The van der Waals surface area contributed by atoms with E-state index in [2.05, 4.69) is 12.2 Å². The molecule has 1 N–H and O–H groups in total. The zero-order chi connectivity index (χ0) is 16.8. The number of aryl methyl sites for hydroxylation is 1. The third-order valence-electron chi connectivity index (χ3n) is 3.53. The smallest absolute Gasteiger partial charge is 0.265 e. The third-order valence-corrected chi connectivity index (χ3v) is 3.53. The van der Waals surface area contributed by atoms with Gasteiger partial charge in [0.25, 0.3) is 5.91 Å². The number of carbonyl (C=O) groups is 2. The summed E-state index contributed by atoms with van der Waals surface area (Å²) in [5.41, 5.74) is 2.30. The number of Topliss-reactive ketones (excluding diaryl/α,β-unsaturated/α-hetero) is 1. The molecule has 4 nitrogen and oxygen atoms in total. The predicted molar refractivity (Wildman–Crippen MR) is 91.0 cm³/mol. The largest absolute Gasteiger partial charge is 0.481 e. The molecule has 0 spiro atoms. The molecule has 23 heavy (non-hydrogen) atoms. The fourth-order valence-corrected chi connectivity index (χ4v) is 2.16. The van der Waals surface area contributed by atoms with E-state index in [1.54, 1.807) is 31.2 Å². The van der Waals surface area contributed by atoms with Gasteiger partial charge in [0.2, 0.25) is 0 Å². The molecule has 1 atom stereocenters. The van der Waals surface area contributed by atoms with Gasteiger partial charge in [-0.3, -0.25) is 9.59 Å². The van der Waals surface area contributed by atoms with Gasteiger partial charge in [0, 0.05) is 11.3 Å². The van der Waals surface area contributed by atoms with Crippen LogP contribution >= 0.6 is 0 Å². The molecular formula is C19H21NO3. The zero-order valence-corrected chi connectivity index (χ0v) is 13.6. The van der Waals surface area contributed by atoms with E-state index in [9.17, 15) is 9.59 Å². The van der Waals surface area contributed by atoms with Crippen LogP contribution in [0.4, 0.5) is 5.69 Å². The number of hydrogen-bond donors (Lipinski definition) is 1. The van der Waals surface area contributed by atoms with Crippen molar-refractivity contribution in [1.82, 2.24) is 0 Å². The number of amides is 1. The highest BCUT2D eigenvalue weighted by molar-refractivity contribution is 5.98. The quantitative estimate of drug-likeness (QED) is 0.824. The van der Waals surface area contributed by atoms with E-state index in [-0.39, 0.29) is 11.7 Å². The van der Waals surface area contributed by atoms with Gasteiger partial charge in [-0.2, -0.15) is 0 Å². The van der Waals surface area contributed by atoms with Crippen LogP contribution in [-0.2, 0) is 11.2 Å². The number of rotatable bonds is 6. The van der Waals surface area contributed by atoms with Crippen molar-refractivity contribution >= 4 is 17.4 Å². The van der Waals surface area contributed by atoms with Crippen molar-refractivity contribution in [2.75, 3.05) is 5.32 Å². The average molecular weight is 311 g/mol. The minimum Gasteiger partial charge on any atom is -0.481 e. The topological polar surface area (TPSA) is 55.4 Å². The van der Waals surface area contributed by atoms with Crippen LogP contribution in [-0.4, -0.2) is 17.8 Å². The maximum Gasteiger partial charge on any atom is 0.265 e. The number of benzene rings is 2. The van der Waals surface area contributed by atoms with E-state index in [0.29, 0.717) is 17.0 Å². The fourth-order valence-electron chi connectivity index (χ4n) is 2.16. The van der Waals surface area contributed by atoms with Gasteiger partial charge < -0.3 is 10.1 Å². The highest BCUT2D eigenvalue weighted by Crippen LogP contribution is 2.17. The first-order chi connectivity index (χ1) is 11.0. The van der Waals surface area contributed by atoms with E-state index in [1.165, 1.54) is 6.92 Å². The van der Waals surface area contributed by atoms with Crippen LogP contribution < -0.4 is 10.1 Å². The summed E-state index contributed by atoms with van der Waals surface area (Å²) in [6.07, 6.45) is 0.276. The van der Waals surface area contributed by atoms with E-state index in [0.717, 1.165) is 12.0 Å². The summed E-state index contributed by atoms with van der Waals surface area (Å²) >= 11 is 0. The van der Waals surface area contributed by atoms with Gasteiger partial charge in [-0.05, 0) is 50.1 Å². The Labute approximate surface area is 136 Å². The maximum atomic E-state index is 12.2. The van der Waals surface area contributed by atoms with Gasteiger partial charge in [-0.1, -0.05) is 31.2 Å². The highest BCUT2D eigenvalue weighted by atomic mass is 16.5. The molecule has 0 saturated carbocycles. The van der Waals surface area contributed by atoms with E-state index >= 15 is 0 Å². The molecule has 0 aliphatic heterocycles. The number of nitrogens with one attached hydrogen (secondary N) is 1. The molecule has 0 fully saturated rings. The number of ketones is 1. The zero-order valence-electron chi connectivity index (χ0n) is 13.6. The Morgan fingerprint density at radius 1 is 1.13 bits per heavy atom. The number of anilines is 1. The second-order valence-corrected chi connectivity index (χ2v) is 5.39. The lowest BCUT2D eigenvalue weighted by molar-refractivity contribution is -0.122. The van der Waals surface area contributed by atoms with Crippen molar-refractivity contribution in [1.29, 1.82) is 0 Å². The lowest BCUT2D eigenvalue weighted by Gasteiger charge is -2.15. The summed E-state index contributed by atoms with van der Waals surface area (Å²) in [5.74, 6) is 0.374. The molecule has 0 saturated heterocycles. The average Bonchev–Trinajstić information content (AvgIpc) is 2.55. The molecule has 4 heteroatoms. The summed E-state index contributed by atoms with van der Waals surface area (Å²) < 4.78 is 5.69. The molecule has 120 valence electrons. The molecular weight excluding hydrogens is 290 g/mol. The van der Waals surface area contributed by atoms with Crippen LogP contribution in [0.15, 0.2) is 48.5 Å². The summed E-state index contributed by atoms with van der Waals surface area (Å²) in [4.78, 5) is 23.6. The Morgan fingerprint density at radius 3 is 2.57 bits per heavy atom. The third kappa shape index (κ3) is 4.68. The van der Waals surface area contributed by atoms with Gasteiger partial charge in [-0.15, -0.1) is 0 Å². The summed E-state index contributed by atoms with van der Waals surface area (Å²) in [7, 11) is 0. The SMILES string of the molecule is CCc1cccc(OC(C)C(=O)Nc2cccc(C(C)=O)c2)c1. The van der Waals surface area contributed by atoms with Crippen molar-refractivity contribution in [2.24, 2.45) is 0 Å². The summed E-state index contributed by atoms with van der Waals surface area (Å²) in [6, 6.07) is 14.6. The van der Waals surface area contributed by atoms with Crippen LogP contribution in [0.2, 0.25) is 0 Å². The van der Waals surface area contributed by atoms with Crippen molar-refractivity contribution in [3.05, 3.63) is 59.7 Å². The van der Waals surface area contributed by atoms with Gasteiger partial charge in [-0.25, -0.2) is 0 Å². The Balaban J connectivity index is 2.02. The van der Waals surface area contributed by atoms with Gasteiger partial charge >= 0.3 is 0 Å². The number of carbonyl (C=O) groups excluding carboxylic acids is 2. The minimum absolute atomic E-state index is 0.0400. The van der Waals surface area contributed by atoms with Crippen LogP contribution in [0.5, 0.6) is 5.75 Å². The van der Waals surface area contributed by atoms with Crippen molar-refractivity contribution in [2.45, 2.75) is 33.3 Å². The first kappa shape index (κ1) is 16.7. The fraction of sp³-hybridized carbons (Fsp3) is 0.263. The monoisotopic (exact) mass is 311 g/mol. The standard InChI is InChI=1S/C19H21NO3/c1-4-15-7-5-10-18(11-15)23-14(3)19(22)20-17-9-6-8-16(12-17)13(2)21/h5-12,14H,4H2,1-3H3,(H,20,22). The van der Waals surface area contributed by atoms with Crippen LogP contribution in [0.1, 0.15) is 36.7 Å². The number of ether oxygens (including phenoxy) is 1. The van der Waals surface area contributed by atoms with E-state index in [4.69, 9.17) is 4.74 Å². The predicted octanol–water partition coefficient (Wildman–Crippen LogP) is 3.86. The van der Waals surface area contributed by atoms with Crippen molar-refractivity contribution < 1.29 is 14.3 Å². The summed E-state index contributed by atoms with van der Waals surface area (Å²) in [5, 5.41) is 2.77. The molecule has 0 radical (unpaired) electrons. The first-order valence-corrected chi connectivity index (χ1v) is 7.67. The number of hydrogen-bond acceptors (Lipinski definition) is 3. The van der Waals surface area contributed by atoms with E-state index < -0.39 is 6.10 Å². The normalized spacial score (nSPS) is 11.6. The molecule has 0 aliphatic carbocycles. The first-order valence-electron chi connectivity index (χ1n) is 7.67. The van der Waals surface area contributed by atoms with Crippen LogP contribution in [0.3, 0.4) is 0 Å². The molecule has 0 heterocycles. The second kappa shape index (κ2) is 7.58. The highest BCUT2D eigenvalue weighted by Gasteiger charge is 2.15. The lowest BCUT2D eigenvalue weighted by Crippen LogP contribution is -2.30. The van der Waals surface area contributed by atoms with Crippen molar-refractivity contribution in [3.8, 4) is 5.75 Å². The van der Waals surface area contributed by atoms with Crippen molar-refractivity contribution in [3.63, 3.8) is 0 Å². The van der Waals surface area contributed by atoms with Crippen LogP contribution in [0, 0.1) is 0 Å². The molecule has 0 bridgehead atoms. The molecule has 2 aromatic carbocycles. The van der Waals surface area contributed by atoms with Gasteiger partial charge in [0.1, 0.15) is 5.75 Å². The second-order valence-electron chi connectivity index (χ2n) is 5.39. The molecule has 2 aromatic rings. The molecule has 0 aromatic heterocycles. The molecule has 0 aliphatic rings.